The van der Waals surface area contributed by atoms with Gasteiger partial charge in [-0.25, -0.2) is 4.98 Å². The van der Waals surface area contributed by atoms with Crippen LogP contribution in [0.25, 0.3) is 11.3 Å². The molecule has 1 heterocycles. The number of hydrogen-bond donors (Lipinski definition) is 1. The molecule has 0 atom stereocenters. The molecule has 1 aromatic carbocycles. The molecule has 0 aliphatic heterocycles. The molecule has 1 amide bonds. The van der Waals surface area contributed by atoms with Crippen molar-refractivity contribution >= 4 is 11.6 Å². The van der Waals surface area contributed by atoms with Gasteiger partial charge in [-0.15, -0.1) is 0 Å². The summed E-state index contributed by atoms with van der Waals surface area (Å²) in [7, 11) is 0. The molecule has 1 N–H and O–H groups in total. The second kappa shape index (κ2) is 5.04. The number of aryl methyl sites for hydroxylation is 1. The van der Waals surface area contributed by atoms with Crippen LogP contribution in [-0.4, -0.2) is 10.9 Å². The van der Waals surface area contributed by atoms with Gasteiger partial charge in [0.2, 0.25) is 5.91 Å². The third kappa shape index (κ3) is 2.77. The molecule has 1 aromatic heterocycles. The summed E-state index contributed by atoms with van der Waals surface area (Å²) in [5.74, 6) is 1.36. The van der Waals surface area contributed by atoms with Crippen molar-refractivity contribution < 1.29 is 9.21 Å². The molecule has 0 aliphatic carbocycles. The highest BCUT2D eigenvalue weighted by Gasteiger charge is 2.08. The molecule has 2 aromatic rings. The zero-order chi connectivity index (χ0) is 13.1. The van der Waals surface area contributed by atoms with Crippen LogP contribution < -0.4 is 5.32 Å². The minimum atomic E-state index is -0.0263. The number of rotatable bonds is 3. The predicted octanol–water partition coefficient (Wildman–Crippen LogP) is 3.24. The van der Waals surface area contributed by atoms with E-state index in [0.717, 1.165) is 17.0 Å². The fourth-order valence-corrected chi connectivity index (χ4v) is 1.50. The minimum absolute atomic E-state index is 0.0123. The lowest BCUT2D eigenvalue weighted by Crippen LogP contribution is -2.17. The van der Waals surface area contributed by atoms with Gasteiger partial charge in [-0.3, -0.25) is 4.79 Å². The number of amides is 1. The summed E-state index contributed by atoms with van der Waals surface area (Å²) in [6.07, 6.45) is 1.69. The first-order valence-corrected chi connectivity index (χ1v) is 5.90. The highest BCUT2D eigenvalue weighted by Crippen LogP contribution is 2.22. The first-order chi connectivity index (χ1) is 8.56. The number of anilines is 1. The van der Waals surface area contributed by atoms with Crippen LogP contribution in [0.2, 0.25) is 0 Å². The Morgan fingerprint density at radius 2 is 1.94 bits per heavy atom. The molecule has 2 rings (SSSR count). The van der Waals surface area contributed by atoms with Gasteiger partial charge in [-0.1, -0.05) is 13.8 Å². The highest BCUT2D eigenvalue weighted by molar-refractivity contribution is 5.92. The van der Waals surface area contributed by atoms with Crippen LogP contribution in [0, 0.1) is 12.8 Å². The van der Waals surface area contributed by atoms with Crippen molar-refractivity contribution in [3.63, 3.8) is 0 Å². The summed E-state index contributed by atoms with van der Waals surface area (Å²) in [6, 6.07) is 7.51. The Kier molecular flexibility index (Phi) is 3.46. The fraction of sp³-hybridized carbons (Fsp3) is 0.286. The van der Waals surface area contributed by atoms with Gasteiger partial charge in [-0.05, 0) is 24.3 Å². The van der Waals surface area contributed by atoms with E-state index < -0.39 is 0 Å². The Morgan fingerprint density at radius 3 is 2.44 bits per heavy atom. The number of benzene rings is 1. The van der Waals surface area contributed by atoms with Crippen LogP contribution >= 0.6 is 0 Å². The number of nitrogens with zero attached hydrogens (tertiary/aromatic N) is 1. The molecule has 0 radical (unpaired) electrons. The molecule has 4 nitrogen and oxygen atoms in total. The lowest BCUT2D eigenvalue weighted by molar-refractivity contribution is -0.118. The maximum atomic E-state index is 11.5. The molecule has 0 spiro atoms. The second-order valence-electron chi connectivity index (χ2n) is 4.46. The molecule has 0 bridgehead atoms. The van der Waals surface area contributed by atoms with Gasteiger partial charge in [0.15, 0.2) is 11.7 Å². The number of hydrogen-bond acceptors (Lipinski definition) is 3. The second-order valence-corrected chi connectivity index (χ2v) is 4.46. The van der Waals surface area contributed by atoms with Crippen LogP contribution in [0.1, 0.15) is 19.7 Å². The molecule has 94 valence electrons. The number of oxazole rings is 1. The van der Waals surface area contributed by atoms with Gasteiger partial charge in [0.25, 0.3) is 0 Å². The van der Waals surface area contributed by atoms with Gasteiger partial charge in [0.1, 0.15) is 0 Å². The molecule has 0 unspecified atom stereocenters. The molecule has 0 aliphatic rings. The first kappa shape index (κ1) is 12.4. The van der Waals surface area contributed by atoms with Crippen molar-refractivity contribution in [1.29, 1.82) is 0 Å². The van der Waals surface area contributed by atoms with Crippen LogP contribution in [0.3, 0.4) is 0 Å². The number of nitrogens with one attached hydrogen (secondary N) is 1. The monoisotopic (exact) mass is 244 g/mol. The number of aromatic nitrogens is 1. The normalized spacial score (nSPS) is 10.7. The Morgan fingerprint density at radius 1 is 1.28 bits per heavy atom. The van der Waals surface area contributed by atoms with E-state index in [-0.39, 0.29) is 11.8 Å². The van der Waals surface area contributed by atoms with Crippen molar-refractivity contribution in [3.8, 4) is 11.3 Å². The summed E-state index contributed by atoms with van der Waals surface area (Å²) in [5.41, 5.74) is 1.73. The summed E-state index contributed by atoms with van der Waals surface area (Å²) in [6.45, 7) is 5.53. The highest BCUT2D eigenvalue weighted by atomic mass is 16.4. The fourth-order valence-electron chi connectivity index (χ4n) is 1.50. The Bertz CT molecular complexity index is 541. The molecular weight excluding hydrogens is 228 g/mol. The maximum Gasteiger partial charge on any atom is 0.226 e. The van der Waals surface area contributed by atoms with Gasteiger partial charge in [0, 0.05) is 24.1 Å². The average molecular weight is 244 g/mol. The van der Waals surface area contributed by atoms with E-state index in [1.54, 1.807) is 13.1 Å². The van der Waals surface area contributed by atoms with Crippen molar-refractivity contribution in [1.82, 2.24) is 4.98 Å². The van der Waals surface area contributed by atoms with Crippen molar-refractivity contribution in [3.05, 3.63) is 36.4 Å². The van der Waals surface area contributed by atoms with E-state index >= 15 is 0 Å². The standard InChI is InChI=1S/C14H16N2O2/c1-9(2)14(17)16-12-6-4-11(5-7-12)13-8-15-10(3)18-13/h4-9H,1-3H3,(H,16,17). The minimum Gasteiger partial charge on any atom is -0.441 e. The van der Waals surface area contributed by atoms with Crippen LogP contribution in [0.5, 0.6) is 0 Å². The predicted molar refractivity (Wildman–Crippen MR) is 70.1 cm³/mol. The number of carbonyl (C=O) groups is 1. The third-order valence-corrected chi connectivity index (χ3v) is 2.58. The smallest absolute Gasteiger partial charge is 0.226 e. The Balaban J connectivity index is 2.13. The molecular formula is C14H16N2O2. The van der Waals surface area contributed by atoms with Crippen LogP contribution in [-0.2, 0) is 4.79 Å². The average Bonchev–Trinajstić information content (AvgIpc) is 2.76. The molecule has 18 heavy (non-hydrogen) atoms. The lowest BCUT2D eigenvalue weighted by atomic mass is 10.1. The zero-order valence-electron chi connectivity index (χ0n) is 10.7. The molecule has 0 saturated heterocycles. The third-order valence-electron chi connectivity index (χ3n) is 2.58. The summed E-state index contributed by atoms with van der Waals surface area (Å²) in [5, 5.41) is 2.84. The van der Waals surface area contributed by atoms with E-state index in [1.165, 1.54) is 0 Å². The molecule has 4 heteroatoms. The van der Waals surface area contributed by atoms with Crippen LogP contribution in [0.4, 0.5) is 5.69 Å². The van der Waals surface area contributed by atoms with E-state index in [1.807, 2.05) is 38.1 Å². The van der Waals surface area contributed by atoms with Gasteiger partial charge in [0.05, 0.1) is 6.20 Å². The lowest BCUT2D eigenvalue weighted by Gasteiger charge is -2.07. The number of carbonyl (C=O) groups excluding carboxylic acids is 1. The van der Waals surface area contributed by atoms with Gasteiger partial charge >= 0.3 is 0 Å². The van der Waals surface area contributed by atoms with E-state index in [2.05, 4.69) is 10.3 Å². The van der Waals surface area contributed by atoms with Gasteiger partial charge < -0.3 is 9.73 Å². The SMILES string of the molecule is Cc1ncc(-c2ccc(NC(=O)C(C)C)cc2)o1. The summed E-state index contributed by atoms with van der Waals surface area (Å²) < 4.78 is 5.43. The Labute approximate surface area is 106 Å². The topological polar surface area (TPSA) is 55.1 Å². The van der Waals surface area contributed by atoms with Crippen LogP contribution in [0.15, 0.2) is 34.9 Å². The summed E-state index contributed by atoms with van der Waals surface area (Å²) >= 11 is 0. The van der Waals surface area contributed by atoms with E-state index in [0.29, 0.717) is 5.89 Å². The van der Waals surface area contributed by atoms with Crippen molar-refractivity contribution in [2.24, 2.45) is 5.92 Å². The zero-order valence-corrected chi connectivity index (χ0v) is 10.7. The maximum absolute atomic E-state index is 11.5. The molecule has 0 saturated carbocycles. The van der Waals surface area contributed by atoms with E-state index in [9.17, 15) is 4.79 Å². The summed E-state index contributed by atoms with van der Waals surface area (Å²) in [4.78, 5) is 15.6. The van der Waals surface area contributed by atoms with Crippen molar-refractivity contribution in [2.45, 2.75) is 20.8 Å². The van der Waals surface area contributed by atoms with E-state index in [4.69, 9.17) is 4.42 Å². The first-order valence-electron chi connectivity index (χ1n) is 5.90. The largest absolute Gasteiger partial charge is 0.441 e. The molecule has 0 fully saturated rings. The quantitative estimate of drug-likeness (QED) is 0.901. The van der Waals surface area contributed by atoms with Crippen molar-refractivity contribution in [2.75, 3.05) is 5.32 Å². The van der Waals surface area contributed by atoms with Gasteiger partial charge in [-0.2, -0.15) is 0 Å². The Hall–Kier alpha value is -2.10.